The van der Waals surface area contributed by atoms with E-state index < -0.39 is 11.7 Å². The van der Waals surface area contributed by atoms with Crippen LogP contribution in [-0.2, 0) is 16.1 Å². The van der Waals surface area contributed by atoms with Crippen molar-refractivity contribution < 1.29 is 14.0 Å². The summed E-state index contributed by atoms with van der Waals surface area (Å²) in [7, 11) is 0. The van der Waals surface area contributed by atoms with E-state index in [0.717, 1.165) is 11.5 Å². The van der Waals surface area contributed by atoms with Crippen molar-refractivity contribution in [2.45, 2.75) is 19.9 Å². The molecule has 1 unspecified atom stereocenters. The van der Waals surface area contributed by atoms with E-state index in [1.54, 1.807) is 16.8 Å². The number of rotatable bonds is 5. The highest BCUT2D eigenvalue weighted by Crippen LogP contribution is 2.27. The fourth-order valence-corrected chi connectivity index (χ4v) is 4.54. The smallest absolute Gasteiger partial charge is 0.228 e. The fourth-order valence-electron chi connectivity index (χ4n) is 4.54. The van der Waals surface area contributed by atoms with Gasteiger partial charge in [-0.1, -0.05) is 23.8 Å². The fraction of sp³-hybridized carbons (Fsp3) is 0.375. The lowest BCUT2D eigenvalue weighted by Gasteiger charge is -2.35. The normalized spacial score (nSPS) is 19.1. The van der Waals surface area contributed by atoms with Crippen LogP contribution in [0.1, 0.15) is 17.8 Å². The number of halogens is 1. The largest absolute Gasteiger partial charge is 0.340 e. The summed E-state index contributed by atoms with van der Waals surface area (Å²) in [4.78, 5) is 31.1. The Kier molecular flexibility index (Phi) is 6.06. The Hall–Kier alpha value is -3.66. The highest BCUT2D eigenvalue weighted by Gasteiger charge is 2.38. The minimum Gasteiger partial charge on any atom is -0.340 e. The summed E-state index contributed by atoms with van der Waals surface area (Å²) in [6.07, 6.45) is 0.154. The van der Waals surface area contributed by atoms with Gasteiger partial charge >= 0.3 is 0 Å². The topological polar surface area (TPSA) is 87.5 Å². The van der Waals surface area contributed by atoms with Gasteiger partial charge in [0.25, 0.3) is 0 Å². The molecule has 2 aliphatic rings. The monoisotopic (exact) mass is 463 g/mol. The second-order valence-corrected chi connectivity index (χ2v) is 8.83. The molecule has 2 aromatic carbocycles. The average molecular weight is 464 g/mol. The summed E-state index contributed by atoms with van der Waals surface area (Å²) in [6.45, 7) is 5.45. The second kappa shape index (κ2) is 9.30. The lowest BCUT2D eigenvalue weighted by atomic mass is 10.1. The van der Waals surface area contributed by atoms with Crippen LogP contribution in [0.5, 0.6) is 0 Å². The van der Waals surface area contributed by atoms with Gasteiger partial charge in [-0.2, -0.15) is 4.68 Å². The van der Waals surface area contributed by atoms with E-state index in [1.807, 2.05) is 36.1 Å². The van der Waals surface area contributed by atoms with Crippen LogP contribution in [0.25, 0.3) is 5.69 Å². The zero-order valence-corrected chi connectivity index (χ0v) is 19.0. The summed E-state index contributed by atoms with van der Waals surface area (Å²) in [6, 6.07) is 13.9. The summed E-state index contributed by atoms with van der Waals surface area (Å²) in [5.41, 5.74) is 2.58. The van der Waals surface area contributed by atoms with Crippen molar-refractivity contribution in [2.75, 3.05) is 37.6 Å². The van der Waals surface area contributed by atoms with E-state index in [4.69, 9.17) is 0 Å². The third kappa shape index (κ3) is 4.54. The molecule has 3 heterocycles. The molecule has 9 nitrogen and oxygen atoms in total. The van der Waals surface area contributed by atoms with E-state index in [0.29, 0.717) is 38.4 Å². The van der Waals surface area contributed by atoms with E-state index in [-0.39, 0.29) is 24.8 Å². The van der Waals surface area contributed by atoms with Gasteiger partial charge in [-0.25, -0.2) is 4.39 Å². The number of carbonyl (C=O) groups excluding carboxylic acids is 2. The van der Waals surface area contributed by atoms with Crippen molar-refractivity contribution in [1.82, 2.24) is 30.0 Å². The van der Waals surface area contributed by atoms with Crippen LogP contribution in [0, 0.1) is 18.7 Å². The van der Waals surface area contributed by atoms with Crippen molar-refractivity contribution in [3.63, 3.8) is 0 Å². The maximum absolute atomic E-state index is 13.6. The SMILES string of the molecule is Cc1ccc(-n2nnnc2CN2CCN(C(=O)C3CC(=O)N(c4cccc(F)c4)C3)CC2)cc1. The quantitative estimate of drug-likeness (QED) is 0.574. The predicted molar refractivity (Wildman–Crippen MR) is 123 cm³/mol. The number of carbonyl (C=O) groups is 2. The Balaban J connectivity index is 1.17. The van der Waals surface area contributed by atoms with E-state index in [9.17, 15) is 14.0 Å². The molecule has 3 aromatic rings. The molecule has 0 spiro atoms. The third-order valence-electron chi connectivity index (χ3n) is 6.46. The van der Waals surface area contributed by atoms with Gasteiger partial charge in [0, 0.05) is 44.8 Å². The average Bonchev–Trinajstić information content (AvgIpc) is 3.46. The van der Waals surface area contributed by atoms with E-state index in [2.05, 4.69) is 20.4 Å². The standard InChI is InChI=1S/C24H26FN7O2/c1-17-5-7-20(8-6-17)32-22(26-27-28-32)16-29-9-11-30(12-10-29)24(34)18-13-23(33)31(15-18)21-4-2-3-19(25)14-21/h2-8,14,18H,9-13,15-16H2,1H3. The first-order valence-corrected chi connectivity index (χ1v) is 11.4. The molecule has 2 amide bonds. The molecule has 34 heavy (non-hydrogen) atoms. The number of amides is 2. The number of hydrogen-bond acceptors (Lipinski definition) is 6. The van der Waals surface area contributed by atoms with Gasteiger partial charge < -0.3 is 9.80 Å². The first-order chi connectivity index (χ1) is 16.5. The third-order valence-corrected chi connectivity index (χ3v) is 6.46. The molecule has 1 atom stereocenters. The van der Waals surface area contributed by atoms with Gasteiger partial charge in [-0.15, -0.1) is 5.10 Å². The number of nitrogens with zero attached hydrogens (tertiary/aromatic N) is 7. The van der Waals surface area contributed by atoms with Gasteiger partial charge in [0.05, 0.1) is 18.2 Å². The molecule has 0 radical (unpaired) electrons. The number of hydrogen-bond donors (Lipinski definition) is 0. The van der Waals surface area contributed by atoms with Crippen molar-refractivity contribution in [1.29, 1.82) is 0 Å². The highest BCUT2D eigenvalue weighted by molar-refractivity contribution is 6.00. The van der Waals surface area contributed by atoms with Crippen LogP contribution < -0.4 is 4.90 Å². The van der Waals surface area contributed by atoms with Crippen LogP contribution >= 0.6 is 0 Å². The van der Waals surface area contributed by atoms with Crippen molar-refractivity contribution in [2.24, 2.45) is 5.92 Å². The van der Waals surface area contributed by atoms with Crippen LogP contribution in [0.4, 0.5) is 10.1 Å². The van der Waals surface area contributed by atoms with Crippen molar-refractivity contribution in [3.8, 4) is 5.69 Å². The maximum Gasteiger partial charge on any atom is 0.228 e. The number of anilines is 1. The van der Waals surface area contributed by atoms with Gasteiger partial charge in [0.1, 0.15) is 5.82 Å². The highest BCUT2D eigenvalue weighted by atomic mass is 19.1. The zero-order chi connectivity index (χ0) is 23.7. The maximum atomic E-state index is 13.6. The summed E-state index contributed by atoms with van der Waals surface area (Å²) >= 11 is 0. The van der Waals surface area contributed by atoms with Crippen LogP contribution in [0.3, 0.4) is 0 Å². The van der Waals surface area contributed by atoms with Crippen molar-refractivity contribution in [3.05, 3.63) is 65.7 Å². The van der Waals surface area contributed by atoms with Gasteiger partial charge in [0.15, 0.2) is 5.82 Å². The Morgan fingerprint density at radius 3 is 2.56 bits per heavy atom. The molecule has 0 bridgehead atoms. The summed E-state index contributed by atoms with van der Waals surface area (Å²) < 4.78 is 15.3. The molecule has 176 valence electrons. The Morgan fingerprint density at radius 1 is 1.06 bits per heavy atom. The number of aromatic nitrogens is 4. The predicted octanol–water partition coefficient (Wildman–Crippen LogP) is 1.81. The molecule has 2 fully saturated rings. The molecule has 10 heteroatoms. The number of benzene rings is 2. The van der Waals surface area contributed by atoms with Crippen LogP contribution in [0.15, 0.2) is 48.5 Å². The number of aryl methyl sites for hydroxylation is 1. The lowest BCUT2D eigenvalue weighted by molar-refractivity contribution is -0.137. The van der Waals surface area contributed by atoms with E-state index in [1.165, 1.54) is 22.6 Å². The minimum absolute atomic E-state index is 0.0172. The molecule has 2 aliphatic heterocycles. The lowest BCUT2D eigenvalue weighted by Crippen LogP contribution is -2.50. The summed E-state index contributed by atoms with van der Waals surface area (Å²) in [5.74, 6) is -0.224. The first-order valence-electron chi connectivity index (χ1n) is 11.4. The molecule has 1 aromatic heterocycles. The molecule has 5 rings (SSSR count). The molecule has 0 aliphatic carbocycles. The van der Waals surface area contributed by atoms with Gasteiger partial charge in [-0.3, -0.25) is 14.5 Å². The van der Waals surface area contributed by atoms with Gasteiger partial charge in [-0.05, 0) is 47.7 Å². The second-order valence-electron chi connectivity index (χ2n) is 8.83. The van der Waals surface area contributed by atoms with Crippen LogP contribution in [0.2, 0.25) is 0 Å². The van der Waals surface area contributed by atoms with E-state index >= 15 is 0 Å². The number of tetrazole rings is 1. The Labute approximate surface area is 196 Å². The zero-order valence-electron chi connectivity index (χ0n) is 19.0. The summed E-state index contributed by atoms with van der Waals surface area (Å²) in [5, 5.41) is 12.2. The minimum atomic E-state index is -0.406. The molecular weight excluding hydrogens is 437 g/mol. The molecule has 0 N–H and O–H groups in total. The Bertz CT molecular complexity index is 1190. The molecule has 2 saturated heterocycles. The Morgan fingerprint density at radius 2 is 1.82 bits per heavy atom. The van der Waals surface area contributed by atoms with Gasteiger partial charge in [0.2, 0.25) is 11.8 Å². The van der Waals surface area contributed by atoms with Crippen molar-refractivity contribution >= 4 is 17.5 Å². The first kappa shape index (κ1) is 22.1. The molecular formula is C24H26FN7O2. The van der Waals surface area contributed by atoms with Crippen LogP contribution in [-0.4, -0.2) is 74.5 Å². The molecule has 0 saturated carbocycles. The number of piperazine rings is 1.